The molecule has 0 amide bonds. The molecule has 2 N–H and O–H groups in total. The van der Waals surface area contributed by atoms with Crippen molar-refractivity contribution in [3.63, 3.8) is 0 Å². The summed E-state index contributed by atoms with van der Waals surface area (Å²) in [7, 11) is 0. The fraction of sp³-hybridized carbons (Fsp3) is 0.867. The van der Waals surface area contributed by atoms with Gasteiger partial charge in [0.05, 0.1) is 18.8 Å². The van der Waals surface area contributed by atoms with Gasteiger partial charge in [0.1, 0.15) is 0 Å². The third-order valence-electron chi connectivity index (χ3n) is 4.26. The van der Waals surface area contributed by atoms with Gasteiger partial charge in [-0.3, -0.25) is 4.90 Å². The molecule has 18 heavy (non-hydrogen) atoms. The van der Waals surface area contributed by atoms with E-state index in [9.17, 15) is 0 Å². The number of ether oxygens (including phenoxy) is 1. The summed E-state index contributed by atoms with van der Waals surface area (Å²) in [6.07, 6.45) is 8.88. The van der Waals surface area contributed by atoms with Crippen molar-refractivity contribution in [2.45, 2.75) is 64.1 Å². The first-order chi connectivity index (χ1) is 8.68. The van der Waals surface area contributed by atoms with Gasteiger partial charge in [-0.15, -0.1) is 0 Å². The molecule has 1 aliphatic carbocycles. The third kappa shape index (κ3) is 3.56. The van der Waals surface area contributed by atoms with Crippen LogP contribution in [0.5, 0.6) is 0 Å². The molecule has 0 aromatic heterocycles. The zero-order chi connectivity index (χ0) is 13.0. The highest BCUT2D eigenvalue weighted by molar-refractivity contribution is 5.14. The zero-order valence-electron chi connectivity index (χ0n) is 11.9. The Labute approximate surface area is 111 Å². The molecule has 1 heterocycles. The number of allylic oxidation sites excluding steroid dienone is 1. The molecule has 1 aliphatic heterocycles. The molecule has 0 bridgehead atoms. The van der Waals surface area contributed by atoms with Crippen molar-refractivity contribution >= 4 is 0 Å². The topological polar surface area (TPSA) is 38.5 Å². The summed E-state index contributed by atoms with van der Waals surface area (Å²) in [5.74, 6) is 0. The SMILES string of the molecule is CC(C)N1CCOC(C(N)C2=CCCCCC2)C1. The van der Waals surface area contributed by atoms with E-state index < -0.39 is 0 Å². The highest BCUT2D eigenvalue weighted by Gasteiger charge is 2.28. The number of nitrogens with zero attached hydrogens (tertiary/aromatic N) is 1. The summed E-state index contributed by atoms with van der Waals surface area (Å²) in [5, 5.41) is 0. The first-order valence-electron chi connectivity index (χ1n) is 7.48. The van der Waals surface area contributed by atoms with Crippen LogP contribution < -0.4 is 5.73 Å². The predicted molar refractivity (Wildman–Crippen MR) is 75.6 cm³/mol. The van der Waals surface area contributed by atoms with E-state index in [1.807, 2.05) is 0 Å². The van der Waals surface area contributed by atoms with E-state index in [4.69, 9.17) is 10.5 Å². The van der Waals surface area contributed by atoms with Gasteiger partial charge in [-0.2, -0.15) is 0 Å². The summed E-state index contributed by atoms with van der Waals surface area (Å²) >= 11 is 0. The first-order valence-corrected chi connectivity index (χ1v) is 7.48. The van der Waals surface area contributed by atoms with Crippen molar-refractivity contribution in [3.8, 4) is 0 Å². The van der Waals surface area contributed by atoms with Gasteiger partial charge in [0.15, 0.2) is 0 Å². The molecule has 2 atom stereocenters. The molecule has 2 rings (SSSR count). The van der Waals surface area contributed by atoms with Crippen LogP contribution in [0, 0.1) is 0 Å². The highest BCUT2D eigenvalue weighted by Crippen LogP contribution is 2.23. The number of hydrogen-bond donors (Lipinski definition) is 1. The minimum Gasteiger partial charge on any atom is -0.374 e. The number of hydrogen-bond acceptors (Lipinski definition) is 3. The second kappa shape index (κ2) is 6.69. The average Bonchev–Trinajstić information content (AvgIpc) is 2.67. The summed E-state index contributed by atoms with van der Waals surface area (Å²) < 4.78 is 5.91. The maximum atomic E-state index is 6.44. The lowest BCUT2D eigenvalue weighted by atomic mass is 9.96. The minimum absolute atomic E-state index is 0.102. The van der Waals surface area contributed by atoms with E-state index in [1.165, 1.54) is 37.7 Å². The van der Waals surface area contributed by atoms with Crippen LogP contribution >= 0.6 is 0 Å². The van der Waals surface area contributed by atoms with Gasteiger partial charge in [-0.1, -0.05) is 18.1 Å². The molecule has 0 aromatic carbocycles. The van der Waals surface area contributed by atoms with Crippen molar-refractivity contribution in [1.29, 1.82) is 0 Å². The molecule has 3 nitrogen and oxygen atoms in total. The van der Waals surface area contributed by atoms with Crippen LogP contribution in [-0.2, 0) is 4.74 Å². The van der Waals surface area contributed by atoms with Gasteiger partial charge >= 0.3 is 0 Å². The van der Waals surface area contributed by atoms with Crippen molar-refractivity contribution in [1.82, 2.24) is 4.90 Å². The van der Waals surface area contributed by atoms with E-state index in [0.29, 0.717) is 6.04 Å². The van der Waals surface area contributed by atoms with Crippen LogP contribution in [0.1, 0.15) is 46.0 Å². The highest BCUT2D eigenvalue weighted by atomic mass is 16.5. The maximum Gasteiger partial charge on any atom is 0.0891 e. The molecule has 3 heteroatoms. The summed E-state index contributed by atoms with van der Waals surface area (Å²) in [6.45, 7) is 7.34. The second-order valence-electron chi connectivity index (χ2n) is 5.90. The van der Waals surface area contributed by atoms with E-state index in [-0.39, 0.29) is 12.1 Å². The smallest absolute Gasteiger partial charge is 0.0891 e. The van der Waals surface area contributed by atoms with Gasteiger partial charge in [0, 0.05) is 19.1 Å². The standard InChI is InChI=1S/C15H28N2O/c1-12(2)17-9-10-18-14(11-17)15(16)13-7-5-3-4-6-8-13/h7,12,14-15H,3-6,8-11,16H2,1-2H3. The molecule has 104 valence electrons. The van der Waals surface area contributed by atoms with Crippen LogP contribution in [0.3, 0.4) is 0 Å². The molecule has 0 spiro atoms. The summed E-state index contributed by atoms with van der Waals surface area (Å²) in [5.41, 5.74) is 7.87. The molecular formula is C15H28N2O. The zero-order valence-corrected chi connectivity index (χ0v) is 11.9. The van der Waals surface area contributed by atoms with Crippen molar-refractivity contribution in [2.24, 2.45) is 5.73 Å². The number of morpholine rings is 1. The Bertz CT molecular complexity index is 288. The average molecular weight is 252 g/mol. The fourth-order valence-corrected chi connectivity index (χ4v) is 2.96. The summed E-state index contributed by atoms with van der Waals surface area (Å²) in [6, 6.07) is 0.691. The van der Waals surface area contributed by atoms with Gasteiger partial charge in [0.25, 0.3) is 0 Å². The minimum atomic E-state index is 0.102. The molecule has 2 unspecified atom stereocenters. The number of nitrogens with two attached hydrogens (primary N) is 1. The lowest BCUT2D eigenvalue weighted by molar-refractivity contribution is -0.0451. The van der Waals surface area contributed by atoms with E-state index in [2.05, 4.69) is 24.8 Å². The predicted octanol–water partition coefficient (Wildman–Crippen LogP) is 2.31. The van der Waals surface area contributed by atoms with Crippen LogP contribution in [0.25, 0.3) is 0 Å². The molecule has 1 saturated heterocycles. The molecule has 1 fully saturated rings. The van der Waals surface area contributed by atoms with Crippen LogP contribution in [0.15, 0.2) is 11.6 Å². The Morgan fingerprint density at radius 3 is 2.94 bits per heavy atom. The van der Waals surface area contributed by atoms with Gasteiger partial charge in [-0.25, -0.2) is 0 Å². The van der Waals surface area contributed by atoms with Crippen molar-refractivity contribution in [2.75, 3.05) is 19.7 Å². The normalized spacial score (nSPS) is 28.9. The summed E-state index contributed by atoms with van der Waals surface area (Å²) in [4.78, 5) is 2.48. The van der Waals surface area contributed by atoms with Gasteiger partial charge in [0.2, 0.25) is 0 Å². The lowest BCUT2D eigenvalue weighted by Crippen LogP contribution is -2.53. The maximum absolute atomic E-state index is 6.44. The lowest BCUT2D eigenvalue weighted by Gasteiger charge is -2.38. The largest absolute Gasteiger partial charge is 0.374 e. The Balaban J connectivity index is 1.94. The van der Waals surface area contributed by atoms with Crippen molar-refractivity contribution < 1.29 is 4.74 Å². The molecule has 2 aliphatic rings. The Hall–Kier alpha value is -0.380. The van der Waals surface area contributed by atoms with E-state index in [1.54, 1.807) is 0 Å². The van der Waals surface area contributed by atoms with Crippen molar-refractivity contribution in [3.05, 3.63) is 11.6 Å². The van der Waals surface area contributed by atoms with Gasteiger partial charge < -0.3 is 10.5 Å². The molecule has 0 aromatic rings. The molecule has 0 radical (unpaired) electrons. The Morgan fingerprint density at radius 1 is 1.33 bits per heavy atom. The second-order valence-corrected chi connectivity index (χ2v) is 5.90. The van der Waals surface area contributed by atoms with Crippen LogP contribution in [-0.4, -0.2) is 42.8 Å². The fourth-order valence-electron chi connectivity index (χ4n) is 2.96. The monoisotopic (exact) mass is 252 g/mol. The molecular weight excluding hydrogens is 224 g/mol. The quantitative estimate of drug-likeness (QED) is 0.783. The first kappa shape index (κ1) is 14.0. The van der Waals surface area contributed by atoms with Crippen LogP contribution in [0.4, 0.5) is 0 Å². The van der Waals surface area contributed by atoms with Gasteiger partial charge in [-0.05, 0) is 39.5 Å². The third-order valence-corrected chi connectivity index (χ3v) is 4.26. The number of rotatable bonds is 3. The van der Waals surface area contributed by atoms with Crippen LogP contribution in [0.2, 0.25) is 0 Å². The Morgan fingerprint density at radius 2 is 2.17 bits per heavy atom. The van der Waals surface area contributed by atoms with E-state index in [0.717, 1.165) is 19.7 Å². The molecule has 0 saturated carbocycles. The Kier molecular flexibility index (Phi) is 5.22. The van der Waals surface area contributed by atoms with E-state index >= 15 is 0 Å².